The Kier molecular flexibility index (Phi) is 3.69. The van der Waals surface area contributed by atoms with Gasteiger partial charge in [-0.2, -0.15) is 10.5 Å². The number of allylic oxidation sites excluding steroid dienone is 3. The van der Waals surface area contributed by atoms with Gasteiger partial charge in [0, 0.05) is 6.42 Å². The van der Waals surface area contributed by atoms with Crippen LogP contribution in [0.3, 0.4) is 0 Å². The lowest BCUT2D eigenvalue weighted by atomic mass is 9.73. The molecule has 0 amide bonds. The lowest BCUT2D eigenvalue weighted by Gasteiger charge is -2.26. The molecule has 1 aliphatic rings. The van der Waals surface area contributed by atoms with Crippen molar-refractivity contribution < 1.29 is 0 Å². The quantitative estimate of drug-likeness (QED) is 0.655. The molecule has 0 unspecified atom stereocenters. The molecule has 78 valence electrons. The Hall–Kier alpha value is -1.54. The van der Waals surface area contributed by atoms with Crippen molar-refractivity contribution in [2.45, 2.75) is 39.0 Å². The second-order valence-electron chi connectivity index (χ2n) is 4.09. The van der Waals surface area contributed by atoms with Gasteiger partial charge in [-0.05, 0) is 38.2 Å². The van der Waals surface area contributed by atoms with E-state index in [1.807, 2.05) is 6.92 Å². The molecule has 2 heteroatoms. The Labute approximate surface area is 91.5 Å². The fourth-order valence-electron chi connectivity index (χ4n) is 2.22. The van der Waals surface area contributed by atoms with E-state index in [9.17, 15) is 10.5 Å². The van der Waals surface area contributed by atoms with Crippen LogP contribution in [0.15, 0.2) is 23.8 Å². The lowest BCUT2D eigenvalue weighted by molar-refractivity contribution is 0.537. The van der Waals surface area contributed by atoms with Crippen molar-refractivity contribution in [3.63, 3.8) is 0 Å². The summed E-state index contributed by atoms with van der Waals surface area (Å²) in [6.45, 7) is 5.68. The van der Waals surface area contributed by atoms with E-state index in [1.165, 1.54) is 12.0 Å². The van der Waals surface area contributed by atoms with Gasteiger partial charge in [-0.1, -0.05) is 11.6 Å². The monoisotopic (exact) mass is 200 g/mol. The SMILES string of the molecule is C=CCC(C#N)(C#N)C1=C(C)CCCC1. The molecule has 0 atom stereocenters. The van der Waals surface area contributed by atoms with Crippen LogP contribution in [0.5, 0.6) is 0 Å². The van der Waals surface area contributed by atoms with Crippen LogP contribution in [0.25, 0.3) is 0 Å². The van der Waals surface area contributed by atoms with Gasteiger partial charge in [-0.15, -0.1) is 6.58 Å². The van der Waals surface area contributed by atoms with Gasteiger partial charge in [0.2, 0.25) is 0 Å². The van der Waals surface area contributed by atoms with Crippen LogP contribution >= 0.6 is 0 Å². The number of hydrogen-bond donors (Lipinski definition) is 0. The molecule has 0 saturated heterocycles. The van der Waals surface area contributed by atoms with Crippen LogP contribution in [-0.2, 0) is 0 Å². The van der Waals surface area contributed by atoms with E-state index in [0.29, 0.717) is 6.42 Å². The molecule has 0 aromatic rings. The first-order valence-corrected chi connectivity index (χ1v) is 5.32. The van der Waals surface area contributed by atoms with Crippen molar-refractivity contribution in [2.75, 3.05) is 0 Å². The molecule has 0 aliphatic heterocycles. The van der Waals surface area contributed by atoms with Crippen molar-refractivity contribution in [1.82, 2.24) is 0 Å². The van der Waals surface area contributed by atoms with E-state index in [0.717, 1.165) is 24.8 Å². The Morgan fingerprint density at radius 1 is 1.33 bits per heavy atom. The van der Waals surface area contributed by atoms with Crippen LogP contribution in [0.2, 0.25) is 0 Å². The number of nitriles is 2. The molecule has 0 aromatic heterocycles. The smallest absolute Gasteiger partial charge is 0.168 e. The lowest BCUT2D eigenvalue weighted by Crippen LogP contribution is -2.21. The highest BCUT2D eigenvalue weighted by atomic mass is 14.4. The standard InChI is InChI=1S/C13H16N2/c1-3-8-13(9-14,10-15)12-7-5-4-6-11(12)2/h3H,1,4-8H2,2H3. The maximum Gasteiger partial charge on any atom is 0.168 e. The summed E-state index contributed by atoms with van der Waals surface area (Å²) in [6, 6.07) is 4.35. The van der Waals surface area contributed by atoms with Crippen molar-refractivity contribution >= 4 is 0 Å². The highest BCUT2D eigenvalue weighted by Gasteiger charge is 2.35. The fourth-order valence-corrected chi connectivity index (χ4v) is 2.22. The third kappa shape index (κ3) is 2.10. The van der Waals surface area contributed by atoms with Crippen LogP contribution in [0, 0.1) is 28.1 Å². The van der Waals surface area contributed by atoms with Gasteiger partial charge in [0.05, 0.1) is 12.1 Å². The first-order chi connectivity index (χ1) is 7.20. The van der Waals surface area contributed by atoms with Crippen LogP contribution in [-0.4, -0.2) is 0 Å². The van der Waals surface area contributed by atoms with Crippen molar-refractivity contribution in [2.24, 2.45) is 5.41 Å². The fraction of sp³-hybridized carbons (Fsp3) is 0.538. The van der Waals surface area contributed by atoms with Crippen LogP contribution in [0.1, 0.15) is 39.0 Å². The zero-order valence-electron chi connectivity index (χ0n) is 9.21. The molecule has 1 aliphatic carbocycles. The molecular weight excluding hydrogens is 184 g/mol. The second kappa shape index (κ2) is 4.80. The predicted octanol–water partition coefficient (Wildman–Crippen LogP) is 3.49. The molecule has 0 aromatic carbocycles. The van der Waals surface area contributed by atoms with Gasteiger partial charge in [-0.25, -0.2) is 0 Å². The molecule has 0 heterocycles. The Morgan fingerprint density at radius 2 is 1.93 bits per heavy atom. The molecule has 0 bridgehead atoms. The second-order valence-corrected chi connectivity index (χ2v) is 4.09. The molecule has 0 fully saturated rings. The molecule has 1 rings (SSSR count). The molecule has 0 spiro atoms. The third-order valence-corrected chi connectivity index (χ3v) is 3.09. The molecule has 0 radical (unpaired) electrons. The normalized spacial score (nSPS) is 16.7. The summed E-state index contributed by atoms with van der Waals surface area (Å²) >= 11 is 0. The highest BCUT2D eigenvalue weighted by Crippen LogP contribution is 2.39. The van der Waals surface area contributed by atoms with Crippen LogP contribution in [0.4, 0.5) is 0 Å². The summed E-state index contributed by atoms with van der Waals surface area (Å²) in [5, 5.41) is 18.4. The molecule has 15 heavy (non-hydrogen) atoms. The zero-order valence-corrected chi connectivity index (χ0v) is 9.21. The largest absolute Gasteiger partial charge is 0.196 e. The van der Waals surface area contributed by atoms with Gasteiger partial charge in [0.25, 0.3) is 0 Å². The molecular formula is C13H16N2. The number of hydrogen-bond acceptors (Lipinski definition) is 2. The molecule has 0 N–H and O–H groups in total. The Morgan fingerprint density at radius 3 is 2.40 bits per heavy atom. The summed E-state index contributed by atoms with van der Waals surface area (Å²) < 4.78 is 0. The maximum atomic E-state index is 9.22. The van der Waals surface area contributed by atoms with E-state index in [1.54, 1.807) is 6.08 Å². The van der Waals surface area contributed by atoms with Crippen molar-refractivity contribution in [3.8, 4) is 12.1 Å². The van der Waals surface area contributed by atoms with Gasteiger partial charge in [-0.3, -0.25) is 0 Å². The van der Waals surface area contributed by atoms with Gasteiger partial charge < -0.3 is 0 Å². The summed E-state index contributed by atoms with van der Waals surface area (Å²) in [5.74, 6) is 0. The van der Waals surface area contributed by atoms with Crippen molar-refractivity contribution in [3.05, 3.63) is 23.8 Å². The first kappa shape index (κ1) is 11.5. The number of rotatable bonds is 3. The summed E-state index contributed by atoms with van der Waals surface area (Å²) in [4.78, 5) is 0. The average Bonchev–Trinajstić information content (AvgIpc) is 2.27. The van der Waals surface area contributed by atoms with Gasteiger partial charge >= 0.3 is 0 Å². The summed E-state index contributed by atoms with van der Waals surface area (Å²) in [5.41, 5.74) is 1.32. The van der Waals surface area contributed by atoms with Crippen molar-refractivity contribution in [1.29, 1.82) is 10.5 Å². The summed E-state index contributed by atoms with van der Waals surface area (Å²) in [7, 11) is 0. The van der Waals surface area contributed by atoms with E-state index in [-0.39, 0.29) is 0 Å². The Balaban J connectivity index is 3.15. The average molecular weight is 200 g/mol. The predicted molar refractivity (Wildman–Crippen MR) is 59.6 cm³/mol. The molecule has 0 saturated carbocycles. The summed E-state index contributed by atoms with van der Waals surface area (Å²) in [6.07, 6.45) is 6.29. The van der Waals surface area contributed by atoms with Gasteiger partial charge in [0.15, 0.2) is 5.41 Å². The van der Waals surface area contributed by atoms with E-state index >= 15 is 0 Å². The topological polar surface area (TPSA) is 47.6 Å². The maximum absolute atomic E-state index is 9.22. The molecule has 2 nitrogen and oxygen atoms in total. The number of nitrogens with zero attached hydrogens (tertiary/aromatic N) is 2. The highest BCUT2D eigenvalue weighted by molar-refractivity contribution is 5.37. The van der Waals surface area contributed by atoms with E-state index in [2.05, 4.69) is 18.7 Å². The Bertz CT molecular complexity index is 349. The van der Waals surface area contributed by atoms with Gasteiger partial charge in [0.1, 0.15) is 0 Å². The first-order valence-electron chi connectivity index (χ1n) is 5.32. The zero-order chi connectivity index (χ0) is 11.3. The minimum Gasteiger partial charge on any atom is -0.196 e. The minimum atomic E-state index is -0.952. The van der Waals surface area contributed by atoms with Crippen LogP contribution < -0.4 is 0 Å². The van der Waals surface area contributed by atoms with E-state index in [4.69, 9.17) is 0 Å². The third-order valence-electron chi connectivity index (χ3n) is 3.09. The van der Waals surface area contributed by atoms with E-state index < -0.39 is 5.41 Å². The minimum absolute atomic E-state index is 0.437.